The number of nitrogens with one attached hydrogen (secondary N) is 1. The number of nitrogens with zero attached hydrogens (tertiary/aromatic N) is 2. The van der Waals surface area contributed by atoms with Crippen LogP contribution in [0.15, 0.2) is 46.0 Å². The smallest absolute Gasteiger partial charge is 0.336 e. The van der Waals surface area contributed by atoms with Gasteiger partial charge in [-0.05, 0) is 17.5 Å². The van der Waals surface area contributed by atoms with E-state index < -0.39 is 17.2 Å². The van der Waals surface area contributed by atoms with Crippen molar-refractivity contribution in [3.8, 4) is 0 Å². The van der Waals surface area contributed by atoms with Crippen LogP contribution in [-0.2, 0) is 6.54 Å². The molecule has 3 rings (SSSR count). The van der Waals surface area contributed by atoms with E-state index in [2.05, 4.69) is 9.97 Å². The van der Waals surface area contributed by atoms with Crippen molar-refractivity contribution in [2.45, 2.75) is 26.3 Å². The molecule has 0 spiro atoms. The molecule has 7 nitrogen and oxygen atoms in total. The summed E-state index contributed by atoms with van der Waals surface area (Å²) in [5.41, 5.74) is -0.0862. The number of hydrogen-bond donors (Lipinski definition) is 2. The Labute approximate surface area is 142 Å². The molecule has 0 aliphatic rings. The van der Waals surface area contributed by atoms with Crippen LogP contribution >= 0.6 is 0 Å². The molecule has 25 heavy (non-hydrogen) atoms. The van der Waals surface area contributed by atoms with Crippen LogP contribution in [0.4, 0.5) is 0 Å². The first-order valence-corrected chi connectivity index (χ1v) is 7.83. The molecular formula is C18H17N3O4. The molecule has 0 saturated carbocycles. The molecule has 2 aromatic heterocycles. The number of carboxylic acid groups (broad SMARTS) is 1. The third kappa shape index (κ3) is 3.08. The Morgan fingerprint density at radius 3 is 2.52 bits per heavy atom. The predicted octanol–water partition coefficient (Wildman–Crippen LogP) is 1.95. The first-order valence-electron chi connectivity index (χ1n) is 7.83. The number of benzene rings is 1. The molecule has 2 N–H and O–H groups in total. The van der Waals surface area contributed by atoms with E-state index in [0.717, 1.165) is 5.56 Å². The molecular weight excluding hydrogens is 322 g/mol. The van der Waals surface area contributed by atoms with Crippen molar-refractivity contribution in [1.29, 1.82) is 0 Å². The van der Waals surface area contributed by atoms with E-state index in [1.54, 1.807) is 0 Å². The first kappa shape index (κ1) is 16.6. The Morgan fingerprint density at radius 1 is 1.24 bits per heavy atom. The van der Waals surface area contributed by atoms with Crippen molar-refractivity contribution in [3.05, 3.63) is 74.1 Å². The number of hydrogen-bond acceptors (Lipinski definition) is 4. The Hall–Kier alpha value is -3.22. The van der Waals surface area contributed by atoms with Crippen LogP contribution in [0.1, 0.15) is 41.4 Å². The van der Waals surface area contributed by atoms with Gasteiger partial charge in [-0.3, -0.25) is 14.3 Å². The number of aromatic amines is 1. The summed E-state index contributed by atoms with van der Waals surface area (Å²) >= 11 is 0. The Bertz CT molecular complexity index is 1070. The molecule has 0 amide bonds. The van der Waals surface area contributed by atoms with E-state index in [0.29, 0.717) is 5.69 Å². The Kier molecular flexibility index (Phi) is 4.22. The molecule has 2 heterocycles. The largest absolute Gasteiger partial charge is 0.478 e. The van der Waals surface area contributed by atoms with Gasteiger partial charge in [0.25, 0.3) is 5.56 Å². The topological polar surface area (TPSA) is 105 Å². The third-order valence-electron chi connectivity index (χ3n) is 3.97. The van der Waals surface area contributed by atoms with Crippen molar-refractivity contribution in [2.24, 2.45) is 0 Å². The minimum absolute atomic E-state index is 0.0536. The van der Waals surface area contributed by atoms with Crippen molar-refractivity contribution in [1.82, 2.24) is 14.5 Å². The zero-order valence-electron chi connectivity index (χ0n) is 13.8. The van der Waals surface area contributed by atoms with Gasteiger partial charge in [0, 0.05) is 5.69 Å². The minimum Gasteiger partial charge on any atom is -0.478 e. The summed E-state index contributed by atoms with van der Waals surface area (Å²) in [5, 5.41) is 9.41. The SMILES string of the molecule is CC(C)c1cc(C(=O)O)c2c(=O)[nH]c(=O)n(Cc3ccccc3)c2n1. The summed E-state index contributed by atoms with van der Waals surface area (Å²) in [6, 6.07) is 10.6. The maximum Gasteiger partial charge on any atom is 0.336 e. The molecule has 0 radical (unpaired) electrons. The molecule has 3 aromatic rings. The zero-order valence-corrected chi connectivity index (χ0v) is 13.8. The van der Waals surface area contributed by atoms with Gasteiger partial charge in [-0.15, -0.1) is 0 Å². The second-order valence-electron chi connectivity index (χ2n) is 6.08. The Morgan fingerprint density at radius 2 is 1.92 bits per heavy atom. The quantitative estimate of drug-likeness (QED) is 0.756. The van der Waals surface area contributed by atoms with Gasteiger partial charge in [0.05, 0.1) is 17.5 Å². The summed E-state index contributed by atoms with van der Waals surface area (Å²) < 4.78 is 1.30. The lowest BCUT2D eigenvalue weighted by molar-refractivity contribution is 0.0698. The van der Waals surface area contributed by atoms with Crippen LogP contribution in [0.5, 0.6) is 0 Å². The maximum absolute atomic E-state index is 12.3. The number of aromatic nitrogens is 3. The van der Waals surface area contributed by atoms with Crippen molar-refractivity contribution in [3.63, 3.8) is 0 Å². The summed E-state index contributed by atoms with van der Waals surface area (Å²) in [6.07, 6.45) is 0. The molecule has 1 aromatic carbocycles. The van der Waals surface area contributed by atoms with E-state index in [9.17, 15) is 19.5 Å². The normalized spacial score (nSPS) is 11.2. The highest BCUT2D eigenvalue weighted by atomic mass is 16.4. The first-order chi connectivity index (χ1) is 11.9. The average Bonchev–Trinajstić information content (AvgIpc) is 2.58. The van der Waals surface area contributed by atoms with Crippen LogP contribution in [-0.4, -0.2) is 25.6 Å². The lowest BCUT2D eigenvalue weighted by atomic mass is 10.0. The third-order valence-corrected chi connectivity index (χ3v) is 3.97. The van der Waals surface area contributed by atoms with Crippen molar-refractivity contribution in [2.75, 3.05) is 0 Å². The molecule has 0 bridgehead atoms. The fourth-order valence-electron chi connectivity index (χ4n) is 2.67. The molecule has 7 heteroatoms. The molecule has 0 fully saturated rings. The van der Waals surface area contributed by atoms with Crippen molar-refractivity contribution >= 4 is 17.0 Å². The van der Waals surface area contributed by atoms with Gasteiger partial charge in [0.15, 0.2) is 5.65 Å². The fraction of sp³-hybridized carbons (Fsp3) is 0.222. The number of rotatable bonds is 4. The maximum atomic E-state index is 12.3. The molecule has 0 unspecified atom stereocenters. The summed E-state index contributed by atoms with van der Waals surface area (Å²) in [6.45, 7) is 3.92. The number of pyridine rings is 1. The van der Waals surface area contributed by atoms with E-state index in [4.69, 9.17) is 0 Å². The summed E-state index contributed by atoms with van der Waals surface area (Å²) in [4.78, 5) is 42.8. The summed E-state index contributed by atoms with van der Waals surface area (Å²) in [5.74, 6) is -1.29. The lowest BCUT2D eigenvalue weighted by Crippen LogP contribution is -2.32. The van der Waals surface area contributed by atoms with Crippen LogP contribution in [0.3, 0.4) is 0 Å². The molecule has 128 valence electrons. The number of aromatic carboxylic acids is 1. The standard InChI is InChI=1S/C18H17N3O4/c1-10(2)13-8-12(17(23)24)14-15(19-13)21(18(25)20-16(14)22)9-11-6-4-3-5-7-11/h3-8,10H,9H2,1-2H3,(H,23,24)(H,20,22,25). The number of carbonyl (C=O) groups is 1. The summed E-state index contributed by atoms with van der Waals surface area (Å²) in [7, 11) is 0. The second kappa shape index (κ2) is 6.35. The minimum atomic E-state index is -1.23. The number of fused-ring (bicyclic) bond motifs is 1. The number of carboxylic acids is 1. The van der Waals surface area contributed by atoms with Crippen LogP contribution in [0.25, 0.3) is 11.0 Å². The van der Waals surface area contributed by atoms with Gasteiger partial charge in [-0.1, -0.05) is 44.2 Å². The van der Waals surface area contributed by atoms with Crippen LogP contribution in [0, 0.1) is 0 Å². The van der Waals surface area contributed by atoms with Gasteiger partial charge in [-0.2, -0.15) is 0 Å². The predicted molar refractivity (Wildman–Crippen MR) is 93.2 cm³/mol. The van der Waals surface area contributed by atoms with Gasteiger partial charge in [-0.25, -0.2) is 14.6 Å². The van der Waals surface area contributed by atoms with E-state index in [1.165, 1.54) is 10.6 Å². The van der Waals surface area contributed by atoms with Crippen LogP contribution < -0.4 is 11.2 Å². The number of H-pyrrole nitrogens is 1. The average molecular weight is 339 g/mol. The van der Waals surface area contributed by atoms with Crippen molar-refractivity contribution < 1.29 is 9.90 Å². The highest BCUT2D eigenvalue weighted by Crippen LogP contribution is 2.20. The molecule has 0 saturated heterocycles. The van der Waals surface area contributed by atoms with E-state index in [-0.39, 0.29) is 29.1 Å². The highest BCUT2D eigenvalue weighted by Gasteiger charge is 2.20. The van der Waals surface area contributed by atoms with Gasteiger partial charge >= 0.3 is 11.7 Å². The molecule has 0 aliphatic heterocycles. The zero-order chi connectivity index (χ0) is 18.1. The monoisotopic (exact) mass is 339 g/mol. The van der Waals surface area contributed by atoms with E-state index in [1.807, 2.05) is 44.2 Å². The lowest BCUT2D eigenvalue weighted by Gasteiger charge is -2.13. The van der Waals surface area contributed by atoms with E-state index >= 15 is 0 Å². The Balaban J connectivity index is 2.38. The second-order valence-corrected chi connectivity index (χ2v) is 6.08. The highest BCUT2D eigenvalue weighted by molar-refractivity contribution is 6.01. The van der Waals surface area contributed by atoms with Gasteiger partial charge in [0.1, 0.15) is 0 Å². The van der Waals surface area contributed by atoms with Crippen LogP contribution in [0.2, 0.25) is 0 Å². The van der Waals surface area contributed by atoms with Gasteiger partial charge in [0.2, 0.25) is 0 Å². The fourth-order valence-corrected chi connectivity index (χ4v) is 2.67. The van der Waals surface area contributed by atoms with Gasteiger partial charge < -0.3 is 5.11 Å². The molecule has 0 aliphatic carbocycles. The molecule has 0 atom stereocenters.